The highest BCUT2D eigenvalue weighted by atomic mass is 32.2. The number of rotatable bonds is 9. The van der Waals surface area contributed by atoms with Crippen LogP contribution in [-0.2, 0) is 25.0 Å². The van der Waals surface area contributed by atoms with Crippen molar-refractivity contribution < 1.29 is 27.5 Å². The van der Waals surface area contributed by atoms with E-state index in [1.54, 1.807) is 39.1 Å². The highest BCUT2D eigenvalue weighted by Crippen LogP contribution is 2.40. The van der Waals surface area contributed by atoms with Gasteiger partial charge in [0.15, 0.2) is 6.10 Å². The Kier molecular flexibility index (Phi) is 10.1. The molecule has 1 aliphatic carbocycles. The maximum absolute atomic E-state index is 13.7. The standard InChI is InChI=1S/C33H43N5O6S2/c1-32(2,3)38-46(41,42)28-17-24(35-30(39)37-33(4,5)22-9-7-6-8-10-22)15-16-26(28)27-18-34-29(45-27)21-11-13-23(14-12-21)36-31(40)44-25-19-43-20-25/h6-10,15-18,21,23,25,38H,11-14,19-20H2,1-5H3,(H,36,40)(H2,35,37,39). The Balaban J connectivity index is 1.31. The van der Waals surface area contributed by atoms with Crippen LogP contribution in [-0.4, -0.2) is 56.4 Å². The van der Waals surface area contributed by atoms with Crippen molar-refractivity contribution in [3.63, 3.8) is 0 Å². The molecule has 2 aliphatic rings. The van der Waals surface area contributed by atoms with Crippen LogP contribution in [0, 0.1) is 0 Å². The minimum atomic E-state index is -3.98. The summed E-state index contributed by atoms with van der Waals surface area (Å²) in [5, 5.41) is 9.68. The van der Waals surface area contributed by atoms with Gasteiger partial charge in [0.1, 0.15) is 0 Å². The van der Waals surface area contributed by atoms with Crippen LogP contribution in [0.3, 0.4) is 0 Å². The molecule has 0 spiro atoms. The second-order valence-electron chi connectivity index (χ2n) is 13.5. The molecule has 46 heavy (non-hydrogen) atoms. The van der Waals surface area contributed by atoms with Gasteiger partial charge in [-0.05, 0) is 78.0 Å². The predicted molar refractivity (Wildman–Crippen MR) is 178 cm³/mol. The van der Waals surface area contributed by atoms with Gasteiger partial charge in [-0.15, -0.1) is 11.3 Å². The third-order valence-electron chi connectivity index (χ3n) is 7.96. The highest BCUT2D eigenvalue weighted by molar-refractivity contribution is 7.89. The first-order valence-corrected chi connectivity index (χ1v) is 17.8. The van der Waals surface area contributed by atoms with Gasteiger partial charge < -0.3 is 25.4 Å². The van der Waals surface area contributed by atoms with Crippen molar-refractivity contribution in [1.29, 1.82) is 0 Å². The van der Waals surface area contributed by atoms with Crippen molar-refractivity contribution >= 4 is 39.2 Å². The fourth-order valence-corrected chi connectivity index (χ4v) is 8.43. The van der Waals surface area contributed by atoms with Crippen molar-refractivity contribution in [2.75, 3.05) is 18.5 Å². The van der Waals surface area contributed by atoms with Crippen LogP contribution >= 0.6 is 11.3 Å². The fourth-order valence-electron chi connectivity index (χ4n) is 5.58. The first kappa shape index (κ1) is 33.8. The summed E-state index contributed by atoms with van der Waals surface area (Å²) in [6.07, 6.45) is 4.45. The highest BCUT2D eigenvalue weighted by Gasteiger charge is 2.30. The molecule has 2 heterocycles. The Morgan fingerprint density at radius 3 is 2.30 bits per heavy atom. The smallest absolute Gasteiger partial charge is 0.407 e. The average Bonchev–Trinajstić information content (AvgIpc) is 3.45. The lowest BCUT2D eigenvalue weighted by atomic mass is 9.86. The number of hydrogen-bond acceptors (Lipinski definition) is 8. The van der Waals surface area contributed by atoms with Gasteiger partial charge >= 0.3 is 12.1 Å². The number of thiazole rings is 1. The SMILES string of the molecule is CC(C)(C)NS(=O)(=O)c1cc(NC(=O)NC(C)(C)c2ccccc2)ccc1-c1cnc(C2CCC(NC(=O)OC3COC3)CC2)s1. The summed E-state index contributed by atoms with van der Waals surface area (Å²) in [4.78, 5) is 30.7. The van der Waals surface area contributed by atoms with Crippen molar-refractivity contribution in [3.8, 4) is 10.4 Å². The maximum atomic E-state index is 13.7. The van der Waals surface area contributed by atoms with E-state index in [1.165, 1.54) is 17.4 Å². The summed E-state index contributed by atoms with van der Waals surface area (Å²) >= 11 is 1.47. The molecule has 1 aromatic heterocycles. The van der Waals surface area contributed by atoms with Crippen molar-refractivity contribution in [2.45, 2.75) is 94.3 Å². The van der Waals surface area contributed by atoms with E-state index in [-0.39, 0.29) is 23.0 Å². The Morgan fingerprint density at radius 1 is 0.978 bits per heavy atom. The molecule has 0 radical (unpaired) electrons. The number of sulfonamides is 1. The zero-order valence-electron chi connectivity index (χ0n) is 26.9. The number of hydrogen-bond donors (Lipinski definition) is 4. The van der Waals surface area contributed by atoms with Crippen LogP contribution in [0.1, 0.15) is 76.8 Å². The monoisotopic (exact) mass is 669 g/mol. The van der Waals surface area contributed by atoms with Crippen molar-refractivity contribution in [2.24, 2.45) is 0 Å². The number of carbonyl (C=O) groups excluding carboxylic acids is 2. The summed E-state index contributed by atoms with van der Waals surface area (Å²) in [6, 6.07) is 14.1. The lowest BCUT2D eigenvalue weighted by Gasteiger charge is -2.30. The second kappa shape index (κ2) is 13.7. The largest absolute Gasteiger partial charge is 0.441 e. The zero-order valence-corrected chi connectivity index (χ0v) is 28.5. The van der Waals surface area contributed by atoms with Crippen LogP contribution in [0.15, 0.2) is 59.6 Å². The van der Waals surface area contributed by atoms with E-state index in [1.807, 2.05) is 44.2 Å². The van der Waals surface area contributed by atoms with Gasteiger partial charge in [0.2, 0.25) is 10.0 Å². The third kappa shape index (κ3) is 8.64. The Bertz CT molecular complexity index is 1640. The topological polar surface area (TPSA) is 148 Å². The summed E-state index contributed by atoms with van der Waals surface area (Å²) < 4.78 is 40.5. The molecule has 3 amide bonds. The summed E-state index contributed by atoms with van der Waals surface area (Å²) in [5.74, 6) is 0.207. The van der Waals surface area contributed by atoms with E-state index in [9.17, 15) is 18.0 Å². The van der Waals surface area contributed by atoms with E-state index in [2.05, 4.69) is 20.7 Å². The number of carbonyl (C=O) groups is 2. The summed E-state index contributed by atoms with van der Waals surface area (Å²) in [6.45, 7) is 10.0. The minimum absolute atomic E-state index is 0.0416. The van der Waals surface area contributed by atoms with Gasteiger partial charge in [-0.25, -0.2) is 27.7 Å². The third-order valence-corrected chi connectivity index (χ3v) is 11.0. The van der Waals surface area contributed by atoms with E-state index in [0.717, 1.165) is 41.1 Å². The summed E-state index contributed by atoms with van der Waals surface area (Å²) in [5.41, 5.74) is 0.412. The molecule has 248 valence electrons. The van der Waals surface area contributed by atoms with Gasteiger partial charge in [-0.1, -0.05) is 36.4 Å². The lowest BCUT2D eigenvalue weighted by Crippen LogP contribution is -2.44. The first-order chi connectivity index (χ1) is 21.7. The van der Waals surface area contributed by atoms with E-state index >= 15 is 0 Å². The number of benzene rings is 2. The molecule has 3 aromatic rings. The molecule has 0 atom stereocenters. The van der Waals surface area contributed by atoms with Crippen LogP contribution in [0.2, 0.25) is 0 Å². The summed E-state index contributed by atoms with van der Waals surface area (Å²) in [7, 11) is -3.98. The number of ether oxygens (including phenoxy) is 2. The number of amides is 3. The molecule has 1 saturated carbocycles. The van der Waals surface area contributed by atoms with Crippen LogP contribution in [0.4, 0.5) is 15.3 Å². The van der Waals surface area contributed by atoms with Gasteiger partial charge in [0.05, 0.1) is 33.5 Å². The molecule has 0 bridgehead atoms. The Hall–Kier alpha value is -3.52. The number of aromatic nitrogens is 1. The molecular weight excluding hydrogens is 627 g/mol. The number of anilines is 1. The second-order valence-corrected chi connectivity index (χ2v) is 16.2. The van der Waals surface area contributed by atoms with E-state index < -0.39 is 33.2 Å². The fraction of sp³-hybridized carbons (Fsp3) is 0.485. The predicted octanol–water partition coefficient (Wildman–Crippen LogP) is 6.09. The lowest BCUT2D eigenvalue weighted by molar-refractivity contribution is -0.0985. The van der Waals surface area contributed by atoms with E-state index in [4.69, 9.17) is 14.5 Å². The molecule has 1 saturated heterocycles. The van der Waals surface area contributed by atoms with Gasteiger partial charge in [-0.2, -0.15) is 0 Å². The molecule has 13 heteroatoms. The van der Waals surface area contributed by atoms with Crippen molar-refractivity contribution in [3.05, 3.63) is 65.3 Å². The molecule has 4 N–H and O–H groups in total. The van der Waals surface area contributed by atoms with Gasteiger partial charge in [-0.3, -0.25) is 0 Å². The van der Waals surface area contributed by atoms with E-state index in [0.29, 0.717) is 24.5 Å². The Morgan fingerprint density at radius 2 is 1.67 bits per heavy atom. The van der Waals surface area contributed by atoms with Crippen molar-refractivity contribution in [1.82, 2.24) is 20.3 Å². The zero-order chi connectivity index (χ0) is 33.1. The molecule has 0 unspecified atom stereocenters. The minimum Gasteiger partial charge on any atom is -0.441 e. The number of alkyl carbamates (subject to hydrolysis) is 1. The number of nitrogens with zero attached hydrogens (tertiary/aromatic N) is 1. The number of urea groups is 1. The average molecular weight is 670 g/mol. The Labute approximate surface area is 274 Å². The normalized spacial score (nSPS) is 19.2. The van der Waals surface area contributed by atoms with Gasteiger partial charge in [0, 0.05) is 34.9 Å². The van der Waals surface area contributed by atoms with Gasteiger partial charge in [0.25, 0.3) is 0 Å². The maximum Gasteiger partial charge on any atom is 0.407 e. The molecule has 5 rings (SSSR count). The van der Waals surface area contributed by atoms with Crippen LogP contribution < -0.4 is 20.7 Å². The first-order valence-electron chi connectivity index (χ1n) is 15.5. The molecular formula is C33H43N5O6S2. The number of nitrogens with one attached hydrogen (secondary N) is 4. The van der Waals surface area contributed by atoms with Crippen LogP contribution in [0.5, 0.6) is 0 Å². The molecule has 2 fully saturated rings. The quantitative estimate of drug-likeness (QED) is 0.215. The molecule has 1 aliphatic heterocycles. The van der Waals surface area contributed by atoms with Crippen LogP contribution in [0.25, 0.3) is 10.4 Å². The molecule has 11 nitrogen and oxygen atoms in total. The molecule has 2 aromatic carbocycles.